The van der Waals surface area contributed by atoms with E-state index in [2.05, 4.69) is 5.32 Å². The van der Waals surface area contributed by atoms with Crippen molar-refractivity contribution in [2.75, 3.05) is 18.5 Å². The highest BCUT2D eigenvalue weighted by Crippen LogP contribution is 2.49. The first-order valence-corrected chi connectivity index (χ1v) is 7.81. The standard InChI is InChI=1S/C18H18ClNO2/c19-14-5-1-12(2-6-14)16-11-17(16)18(22)13-3-7-15(8-4-13)20-9-10-21/h1-8,16-17,20-21H,9-11H2/t16-,17?/m0/s1. The van der Waals surface area contributed by atoms with Gasteiger partial charge in [-0.05, 0) is 54.3 Å². The monoisotopic (exact) mass is 315 g/mol. The summed E-state index contributed by atoms with van der Waals surface area (Å²) in [4.78, 5) is 12.5. The predicted octanol–water partition coefficient (Wildman–Crippen LogP) is 3.73. The molecule has 0 bridgehead atoms. The van der Waals surface area contributed by atoms with Gasteiger partial charge in [-0.25, -0.2) is 0 Å². The van der Waals surface area contributed by atoms with Crippen LogP contribution in [0.25, 0.3) is 0 Å². The van der Waals surface area contributed by atoms with E-state index in [-0.39, 0.29) is 18.3 Å². The lowest BCUT2D eigenvalue weighted by molar-refractivity contribution is 0.0965. The number of benzene rings is 2. The van der Waals surface area contributed by atoms with Crippen LogP contribution in [0.5, 0.6) is 0 Å². The number of carbonyl (C=O) groups is 1. The summed E-state index contributed by atoms with van der Waals surface area (Å²) >= 11 is 5.89. The number of aliphatic hydroxyl groups excluding tert-OH is 1. The average molecular weight is 316 g/mol. The number of nitrogens with one attached hydrogen (secondary N) is 1. The van der Waals surface area contributed by atoms with Gasteiger partial charge in [0.05, 0.1) is 6.61 Å². The number of aliphatic hydroxyl groups is 1. The second kappa shape index (κ2) is 6.51. The van der Waals surface area contributed by atoms with Crippen LogP contribution in [0.15, 0.2) is 48.5 Å². The molecule has 2 aromatic carbocycles. The molecule has 3 rings (SSSR count). The molecule has 2 atom stereocenters. The van der Waals surface area contributed by atoms with Gasteiger partial charge in [-0.2, -0.15) is 0 Å². The Morgan fingerprint density at radius 2 is 1.82 bits per heavy atom. The van der Waals surface area contributed by atoms with Crippen LogP contribution in [0.4, 0.5) is 5.69 Å². The van der Waals surface area contributed by atoms with Crippen LogP contribution in [0.3, 0.4) is 0 Å². The molecule has 0 amide bonds. The van der Waals surface area contributed by atoms with E-state index in [1.807, 2.05) is 48.5 Å². The number of halogens is 1. The maximum atomic E-state index is 12.5. The van der Waals surface area contributed by atoms with E-state index in [1.54, 1.807) is 0 Å². The Labute approximate surface area is 134 Å². The van der Waals surface area contributed by atoms with Crippen LogP contribution >= 0.6 is 11.6 Å². The lowest BCUT2D eigenvalue weighted by atomic mass is 10.0. The lowest BCUT2D eigenvalue weighted by Gasteiger charge is -2.06. The fraction of sp³-hybridized carbons (Fsp3) is 0.278. The van der Waals surface area contributed by atoms with Crippen molar-refractivity contribution in [1.29, 1.82) is 0 Å². The normalized spacial score (nSPS) is 19.7. The van der Waals surface area contributed by atoms with Crippen LogP contribution in [0.1, 0.15) is 28.3 Å². The summed E-state index contributed by atoms with van der Waals surface area (Å²) in [5.74, 6) is 0.600. The zero-order chi connectivity index (χ0) is 15.5. The van der Waals surface area contributed by atoms with Gasteiger partial charge >= 0.3 is 0 Å². The Balaban J connectivity index is 1.64. The number of anilines is 1. The molecule has 1 unspecified atom stereocenters. The fourth-order valence-electron chi connectivity index (χ4n) is 2.73. The van der Waals surface area contributed by atoms with Crippen molar-refractivity contribution in [2.24, 2.45) is 5.92 Å². The summed E-state index contributed by atoms with van der Waals surface area (Å²) in [5.41, 5.74) is 2.84. The molecule has 0 spiro atoms. The summed E-state index contributed by atoms with van der Waals surface area (Å²) in [7, 11) is 0. The minimum atomic E-state index is 0.0810. The van der Waals surface area contributed by atoms with Crippen molar-refractivity contribution < 1.29 is 9.90 Å². The number of rotatable bonds is 6. The predicted molar refractivity (Wildman–Crippen MR) is 88.6 cm³/mol. The SMILES string of the molecule is O=C(c1ccc(NCCO)cc1)C1C[C@H]1c1ccc(Cl)cc1. The van der Waals surface area contributed by atoms with E-state index in [0.717, 1.165) is 22.7 Å². The second-order valence-corrected chi connectivity index (χ2v) is 6.03. The maximum Gasteiger partial charge on any atom is 0.166 e. The van der Waals surface area contributed by atoms with E-state index in [4.69, 9.17) is 16.7 Å². The zero-order valence-corrected chi connectivity index (χ0v) is 12.9. The van der Waals surface area contributed by atoms with E-state index < -0.39 is 0 Å². The molecule has 2 aromatic rings. The smallest absolute Gasteiger partial charge is 0.166 e. The Hall–Kier alpha value is -1.84. The summed E-state index contributed by atoms with van der Waals surface area (Å²) in [6.45, 7) is 0.597. The summed E-state index contributed by atoms with van der Waals surface area (Å²) in [6, 6.07) is 15.2. The molecule has 0 aromatic heterocycles. The Kier molecular flexibility index (Phi) is 4.46. The zero-order valence-electron chi connectivity index (χ0n) is 12.1. The molecule has 0 aliphatic heterocycles. The van der Waals surface area contributed by atoms with Crippen molar-refractivity contribution in [3.63, 3.8) is 0 Å². The number of hydrogen-bond acceptors (Lipinski definition) is 3. The molecule has 3 nitrogen and oxygen atoms in total. The fourth-order valence-corrected chi connectivity index (χ4v) is 2.86. The van der Waals surface area contributed by atoms with Gasteiger partial charge in [0.1, 0.15) is 0 Å². The molecule has 1 aliphatic carbocycles. The highest BCUT2D eigenvalue weighted by Gasteiger charge is 2.43. The molecule has 4 heteroatoms. The minimum Gasteiger partial charge on any atom is -0.395 e. The molecule has 0 saturated heterocycles. The van der Waals surface area contributed by atoms with Gasteiger partial charge < -0.3 is 10.4 Å². The van der Waals surface area contributed by atoms with E-state index in [9.17, 15) is 4.79 Å². The topological polar surface area (TPSA) is 49.3 Å². The van der Waals surface area contributed by atoms with Crippen molar-refractivity contribution >= 4 is 23.1 Å². The molecular weight excluding hydrogens is 298 g/mol. The number of carbonyl (C=O) groups excluding carboxylic acids is 1. The minimum absolute atomic E-state index is 0.0810. The van der Waals surface area contributed by atoms with Crippen molar-refractivity contribution in [1.82, 2.24) is 0 Å². The first-order chi connectivity index (χ1) is 10.7. The van der Waals surface area contributed by atoms with Gasteiger partial charge in [0.15, 0.2) is 5.78 Å². The van der Waals surface area contributed by atoms with Crippen LogP contribution in [0.2, 0.25) is 5.02 Å². The third-order valence-electron chi connectivity index (χ3n) is 4.04. The first kappa shape index (κ1) is 15.1. The van der Waals surface area contributed by atoms with Gasteiger partial charge in [0, 0.05) is 28.7 Å². The van der Waals surface area contributed by atoms with Gasteiger partial charge in [-0.3, -0.25) is 4.79 Å². The molecular formula is C18H18ClNO2. The molecule has 0 radical (unpaired) electrons. The second-order valence-electron chi connectivity index (χ2n) is 5.59. The molecule has 2 N–H and O–H groups in total. The third kappa shape index (κ3) is 3.32. The van der Waals surface area contributed by atoms with Gasteiger partial charge in [-0.15, -0.1) is 0 Å². The molecule has 22 heavy (non-hydrogen) atoms. The van der Waals surface area contributed by atoms with Crippen molar-refractivity contribution in [3.05, 3.63) is 64.7 Å². The highest BCUT2D eigenvalue weighted by atomic mass is 35.5. The van der Waals surface area contributed by atoms with Crippen LogP contribution in [-0.2, 0) is 0 Å². The average Bonchev–Trinajstić information content (AvgIpc) is 3.34. The van der Waals surface area contributed by atoms with Crippen molar-refractivity contribution in [2.45, 2.75) is 12.3 Å². The van der Waals surface area contributed by atoms with Gasteiger partial charge in [0.25, 0.3) is 0 Å². The highest BCUT2D eigenvalue weighted by molar-refractivity contribution is 6.30. The summed E-state index contributed by atoms with van der Waals surface area (Å²) in [6.07, 6.45) is 0.908. The van der Waals surface area contributed by atoms with Gasteiger partial charge in [-0.1, -0.05) is 23.7 Å². The lowest BCUT2D eigenvalue weighted by Crippen LogP contribution is -2.06. The molecule has 0 heterocycles. The first-order valence-electron chi connectivity index (χ1n) is 7.43. The Morgan fingerprint density at radius 3 is 2.45 bits per heavy atom. The molecule has 1 aliphatic rings. The third-order valence-corrected chi connectivity index (χ3v) is 4.29. The number of ketones is 1. The molecule has 1 saturated carbocycles. The number of Topliss-reactive ketones (excluding diaryl/α,β-unsaturated/α-hetero) is 1. The van der Waals surface area contributed by atoms with E-state index in [0.29, 0.717) is 12.5 Å². The number of hydrogen-bond donors (Lipinski definition) is 2. The Morgan fingerprint density at radius 1 is 1.14 bits per heavy atom. The van der Waals surface area contributed by atoms with Gasteiger partial charge in [0.2, 0.25) is 0 Å². The van der Waals surface area contributed by atoms with E-state index in [1.165, 1.54) is 5.56 Å². The van der Waals surface area contributed by atoms with Crippen molar-refractivity contribution in [3.8, 4) is 0 Å². The van der Waals surface area contributed by atoms with E-state index >= 15 is 0 Å². The van der Waals surface area contributed by atoms with Crippen LogP contribution < -0.4 is 5.32 Å². The Bertz CT molecular complexity index is 652. The largest absolute Gasteiger partial charge is 0.395 e. The van der Waals surface area contributed by atoms with Crippen LogP contribution in [0, 0.1) is 5.92 Å². The molecule has 114 valence electrons. The molecule has 1 fully saturated rings. The summed E-state index contributed by atoms with van der Waals surface area (Å²) < 4.78 is 0. The van der Waals surface area contributed by atoms with Crippen LogP contribution in [-0.4, -0.2) is 24.0 Å². The maximum absolute atomic E-state index is 12.5. The summed E-state index contributed by atoms with van der Waals surface area (Å²) in [5, 5.41) is 12.6. The quantitative estimate of drug-likeness (QED) is 0.799.